The van der Waals surface area contributed by atoms with Gasteiger partial charge in [0.1, 0.15) is 0 Å². The van der Waals surface area contributed by atoms with Gasteiger partial charge in [-0.25, -0.2) is 12.7 Å². The molecular weight excluding hydrogens is 348 g/mol. The molecular formula is C20H26N2O3S. The smallest absolute Gasteiger partial charge is 0.223 e. The fourth-order valence-electron chi connectivity index (χ4n) is 3.45. The van der Waals surface area contributed by atoms with Crippen LogP contribution in [0.4, 0.5) is 0 Å². The minimum atomic E-state index is -3.14. The zero-order valence-corrected chi connectivity index (χ0v) is 16.0. The molecule has 0 spiro atoms. The summed E-state index contributed by atoms with van der Waals surface area (Å²) in [5, 5.41) is 5.44. The number of hydrogen-bond acceptors (Lipinski definition) is 3. The van der Waals surface area contributed by atoms with Crippen molar-refractivity contribution in [3.63, 3.8) is 0 Å². The number of rotatable bonds is 6. The van der Waals surface area contributed by atoms with Crippen LogP contribution in [-0.4, -0.2) is 44.0 Å². The molecule has 1 N–H and O–H groups in total. The number of hydrogen-bond donors (Lipinski definition) is 1. The SMILES string of the molecule is CCS(=O)(=O)N1CCC(C(=O)NCCc2ccc3ccccc3c2)CC1. The predicted octanol–water partition coefficient (Wildman–Crippen LogP) is 2.56. The van der Waals surface area contributed by atoms with E-state index in [2.05, 4.69) is 35.6 Å². The summed E-state index contributed by atoms with van der Waals surface area (Å²) in [7, 11) is -3.14. The molecule has 1 saturated heterocycles. The van der Waals surface area contributed by atoms with Crippen LogP contribution in [-0.2, 0) is 21.2 Å². The Bertz CT molecular complexity index is 872. The quantitative estimate of drug-likeness (QED) is 0.845. The lowest BCUT2D eigenvalue weighted by Crippen LogP contribution is -2.43. The highest BCUT2D eigenvalue weighted by Crippen LogP contribution is 2.20. The Morgan fingerprint density at radius 3 is 2.50 bits per heavy atom. The van der Waals surface area contributed by atoms with Crippen LogP contribution in [0.1, 0.15) is 25.3 Å². The first kappa shape index (κ1) is 18.9. The zero-order valence-electron chi connectivity index (χ0n) is 15.1. The Morgan fingerprint density at radius 1 is 1.12 bits per heavy atom. The van der Waals surface area contributed by atoms with Crippen molar-refractivity contribution in [2.24, 2.45) is 5.92 Å². The molecule has 1 aliphatic rings. The van der Waals surface area contributed by atoms with Gasteiger partial charge in [0, 0.05) is 25.6 Å². The number of nitrogens with zero attached hydrogens (tertiary/aromatic N) is 1. The van der Waals surface area contributed by atoms with Gasteiger partial charge in [-0.15, -0.1) is 0 Å². The van der Waals surface area contributed by atoms with E-state index in [9.17, 15) is 13.2 Å². The molecule has 140 valence electrons. The van der Waals surface area contributed by atoms with E-state index in [-0.39, 0.29) is 17.6 Å². The van der Waals surface area contributed by atoms with Gasteiger partial charge in [0.15, 0.2) is 0 Å². The number of nitrogens with one attached hydrogen (secondary N) is 1. The van der Waals surface area contributed by atoms with Crippen LogP contribution < -0.4 is 5.32 Å². The molecule has 0 aromatic heterocycles. The number of sulfonamides is 1. The van der Waals surface area contributed by atoms with E-state index in [1.54, 1.807) is 6.92 Å². The molecule has 26 heavy (non-hydrogen) atoms. The van der Waals surface area contributed by atoms with Crippen molar-refractivity contribution >= 4 is 26.7 Å². The lowest BCUT2D eigenvalue weighted by Gasteiger charge is -2.30. The second-order valence-electron chi connectivity index (χ2n) is 6.80. The predicted molar refractivity (Wildman–Crippen MR) is 104 cm³/mol. The molecule has 2 aromatic rings. The Hall–Kier alpha value is -1.92. The van der Waals surface area contributed by atoms with Crippen LogP contribution in [0.15, 0.2) is 42.5 Å². The summed E-state index contributed by atoms with van der Waals surface area (Å²) >= 11 is 0. The normalized spacial score (nSPS) is 16.7. The Morgan fingerprint density at radius 2 is 1.81 bits per heavy atom. The third-order valence-electron chi connectivity index (χ3n) is 5.11. The van der Waals surface area contributed by atoms with E-state index < -0.39 is 10.0 Å². The van der Waals surface area contributed by atoms with Gasteiger partial charge in [-0.3, -0.25) is 4.79 Å². The average molecular weight is 375 g/mol. The van der Waals surface area contributed by atoms with Crippen LogP contribution in [0.2, 0.25) is 0 Å². The first-order chi connectivity index (χ1) is 12.5. The van der Waals surface area contributed by atoms with Gasteiger partial charge >= 0.3 is 0 Å². The van der Waals surface area contributed by atoms with Gasteiger partial charge < -0.3 is 5.32 Å². The van der Waals surface area contributed by atoms with Crippen molar-refractivity contribution in [2.45, 2.75) is 26.2 Å². The summed E-state index contributed by atoms with van der Waals surface area (Å²) in [6, 6.07) is 14.6. The average Bonchev–Trinajstić information content (AvgIpc) is 2.68. The van der Waals surface area contributed by atoms with E-state index >= 15 is 0 Å². The molecule has 1 heterocycles. The van der Waals surface area contributed by atoms with Crippen molar-refractivity contribution in [1.82, 2.24) is 9.62 Å². The molecule has 0 atom stereocenters. The summed E-state index contributed by atoms with van der Waals surface area (Å²) in [6.45, 7) is 3.14. The lowest BCUT2D eigenvalue weighted by atomic mass is 9.97. The van der Waals surface area contributed by atoms with Gasteiger partial charge in [-0.2, -0.15) is 0 Å². The molecule has 5 nitrogen and oxygen atoms in total. The van der Waals surface area contributed by atoms with E-state index in [1.165, 1.54) is 20.6 Å². The molecule has 3 rings (SSSR count). The van der Waals surface area contributed by atoms with Crippen LogP contribution in [0.25, 0.3) is 10.8 Å². The Balaban J connectivity index is 1.47. The van der Waals surface area contributed by atoms with Gasteiger partial charge in [0.05, 0.1) is 5.75 Å². The van der Waals surface area contributed by atoms with Crippen molar-refractivity contribution in [1.29, 1.82) is 0 Å². The minimum absolute atomic E-state index is 0.0411. The lowest BCUT2D eigenvalue weighted by molar-refractivity contribution is -0.126. The highest BCUT2D eigenvalue weighted by atomic mass is 32.2. The van der Waals surface area contributed by atoms with Gasteiger partial charge in [-0.1, -0.05) is 42.5 Å². The summed E-state index contributed by atoms with van der Waals surface area (Å²) in [5.41, 5.74) is 1.20. The molecule has 0 bridgehead atoms. The monoisotopic (exact) mass is 374 g/mol. The molecule has 1 aliphatic heterocycles. The van der Waals surface area contributed by atoms with Crippen molar-refractivity contribution in [2.75, 3.05) is 25.4 Å². The number of benzene rings is 2. The second-order valence-corrected chi connectivity index (χ2v) is 9.05. The third-order valence-corrected chi connectivity index (χ3v) is 6.99. The maximum Gasteiger partial charge on any atom is 0.223 e. The summed E-state index contributed by atoms with van der Waals surface area (Å²) in [4.78, 5) is 12.3. The van der Waals surface area contributed by atoms with E-state index in [0.29, 0.717) is 32.5 Å². The number of carbonyl (C=O) groups is 1. The van der Waals surface area contributed by atoms with E-state index in [1.807, 2.05) is 12.1 Å². The molecule has 2 aromatic carbocycles. The van der Waals surface area contributed by atoms with Crippen LogP contribution in [0, 0.1) is 5.92 Å². The van der Waals surface area contributed by atoms with Gasteiger partial charge in [0.25, 0.3) is 0 Å². The third kappa shape index (κ3) is 4.43. The van der Waals surface area contributed by atoms with Crippen LogP contribution in [0.5, 0.6) is 0 Å². The zero-order chi connectivity index (χ0) is 18.6. The molecule has 6 heteroatoms. The molecule has 0 unspecified atom stereocenters. The number of carbonyl (C=O) groups excluding carboxylic acids is 1. The molecule has 1 fully saturated rings. The van der Waals surface area contributed by atoms with Gasteiger partial charge in [0.2, 0.25) is 15.9 Å². The van der Waals surface area contributed by atoms with E-state index in [0.717, 1.165) is 6.42 Å². The fourth-order valence-corrected chi connectivity index (χ4v) is 4.58. The number of piperidine rings is 1. The van der Waals surface area contributed by atoms with Crippen LogP contribution >= 0.6 is 0 Å². The maximum absolute atomic E-state index is 12.3. The van der Waals surface area contributed by atoms with Crippen molar-refractivity contribution < 1.29 is 13.2 Å². The Labute approximate surface area is 155 Å². The Kier molecular flexibility index (Phi) is 5.94. The standard InChI is InChI=1S/C20H26N2O3S/c1-2-26(24,25)22-13-10-18(11-14-22)20(23)21-12-9-16-7-8-17-5-3-4-6-19(17)15-16/h3-8,15,18H,2,9-14H2,1H3,(H,21,23). The highest BCUT2D eigenvalue weighted by Gasteiger charge is 2.29. The summed E-state index contributed by atoms with van der Waals surface area (Å²) in [6.07, 6.45) is 1.99. The minimum Gasteiger partial charge on any atom is -0.356 e. The van der Waals surface area contributed by atoms with E-state index in [4.69, 9.17) is 0 Å². The first-order valence-corrected chi connectivity index (χ1v) is 10.8. The second kappa shape index (κ2) is 8.18. The van der Waals surface area contributed by atoms with Crippen molar-refractivity contribution in [3.05, 3.63) is 48.0 Å². The molecule has 0 saturated carbocycles. The summed E-state index contributed by atoms with van der Waals surface area (Å²) < 4.78 is 25.3. The molecule has 0 aliphatic carbocycles. The highest BCUT2D eigenvalue weighted by molar-refractivity contribution is 7.89. The van der Waals surface area contributed by atoms with Crippen LogP contribution in [0.3, 0.4) is 0 Å². The molecule has 0 radical (unpaired) electrons. The summed E-state index contributed by atoms with van der Waals surface area (Å²) in [5.74, 6) is 0.0737. The first-order valence-electron chi connectivity index (χ1n) is 9.23. The largest absolute Gasteiger partial charge is 0.356 e. The van der Waals surface area contributed by atoms with Gasteiger partial charge in [-0.05, 0) is 42.5 Å². The number of amides is 1. The maximum atomic E-state index is 12.3. The number of fused-ring (bicyclic) bond motifs is 1. The molecule has 1 amide bonds. The van der Waals surface area contributed by atoms with Crippen molar-refractivity contribution in [3.8, 4) is 0 Å². The topological polar surface area (TPSA) is 66.5 Å². The fraction of sp³-hybridized carbons (Fsp3) is 0.450.